The number of amides is 1. The van der Waals surface area contributed by atoms with E-state index < -0.39 is 0 Å². The van der Waals surface area contributed by atoms with E-state index in [1.165, 1.54) is 29.0 Å². The van der Waals surface area contributed by atoms with E-state index in [0.717, 1.165) is 17.7 Å². The first kappa shape index (κ1) is 17.7. The van der Waals surface area contributed by atoms with Crippen LogP contribution in [-0.2, 0) is 17.8 Å². The second-order valence-corrected chi connectivity index (χ2v) is 5.70. The number of pyridine rings is 1. The third kappa shape index (κ3) is 5.19. The smallest absolute Gasteiger partial charge is 0.260 e. The van der Waals surface area contributed by atoms with Crippen molar-refractivity contribution in [1.82, 2.24) is 9.99 Å². The summed E-state index contributed by atoms with van der Waals surface area (Å²) < 4.78 is 1.34. The Hall–Kier alpha value is -2.69. The first-order valence-electron chi connectivity index (χ1n) is 8.18. The molecule has 2 rings (SSSR count). The lowest BCUT2D eigenvalue weighted by Gasteiger charge is -2.06. The predicted octanol–water partition coefficient (Wildman–Crippen LogP) is 2.73. The van der Waals surface area contributed by atoms with Crippen molar-refractivity contribution in [2.75, 3.05) is 0 Å². The highest BCUT2D eigenvalue weighted by Gasteiger charge is 2.04. The van der Waals surface area contributed by atoms with Crippen LogP contribution < -0.4 is 11.0 Å². The Morgan fingerprint density at radius 1 is 1.17 bits per heavy atom. The summed E-state index contributed by atoms with van der Waals surface area (Å²) in [6.07, 6.45) is 5.02. The molecule has 0 fully saturated rings. The van der Waals surface area contributed by atoms with E-state index >= 15 is 0 Å². The molecule has 0 bridgehead atoms. The molecule has 0 radical (unpaired) electrons. The van der Waals surface area contributed by atoms with Crippen LogP contribution in [0.15, 0.2) is 58.6 Å². The van der Waals surface area contributed by atoms with Gasteiger partial charge in [0.15, 0.2) is 0 Å². The fraction of sp³-hybridized carbons (Fsp3) is 0.316. The van der Waals surface area contributed by atoms with Gasteiger partial charge in [-0.15, -0.1) is 0 Å². The van der Waals surface area contributed by atoms with Gasteiger partial charge >= 0.3 is 0 Å². The van der Waals surface area contributed by atoms with E-state index in [-0.39, 0.29) is 18.0 Å². The summed E-state index contributed by atoms with van der Waals surface area (Å²) in [6, 6.07) is 13.0. The zero-order valence-electron chi connectivity index (χ0n) is 14.2. The molecule has 5 nitrogen and oxygen atoms in total. The van der Waals surface area contributed by atoms with Gasteiger partial charge in [-0.25, -0.2) is 5.43 Å². The summed E-state index contributed by atoms with van der Waals surface area (Å²) in [5.41, 5.74) is 5.28. The standard InChI is InChI=1S/C19H23N3O2/c1-3-4-7-16-9-11-17(12-10-16)15(2)20-21-18(23)14-22-13-6-5-8-19(22)24/h5-6,8-13H,3-4,7,14H2,1-2H3,(H,21,23)/b20-15-. The molecular formula is C19H23N3O2. The minimum Gasteiger partial charge on any atom is -0.306 e. The van der Waals surface area contributed by atoms with Crippen molar-refractivity contribution in [2.45, 2.75) is 39.7 Å². The highest BCUT2D eigenvalue weighted by Crippen LogP contribution is 2.08. The molecule has 0 saturated heterocycles. The minimum atomic E-state index is -0.331. The van der Waals surface area contributed by atoms with Gasteiger partial charge in [0.25, 0.3) is 11.5 Å². The van der Waals surface area contributed by atoms with Gasteiger partial charge in [-0.1, -0.05) is 43.7 Å². The van der Waals surface area contributed by atoms with Crippen molar-refractivity contribution in [3.8, 4) is 0 Å². The minimum absolute atomic E-state index is 0.0492. The molecule has 1 aromatic heterocycles. The molecule has 24 heavy (non-hydrogen) atoms. The highest BCUT2D eigenvalue weighted by molar-refractivity contribution is 5.99. The van der Waals surface area contributed by atoms with Crippen LogP contribution in [0.2, 0.25) is 0 Å². The summed E-state index contributed by atoms with van der Waals surface area (Å²) in [4.78, 5) is 23.5. The van der Waals surface area contributed by atoms with Gasteiger partial charge in [0.1, 0.15) is 6.54 Å². The summed E-state index contributed by atoms with van der Waals surface area (Å²) in [5.74, 6) is -0.331. The molecule has 1 aromatic carbocycles. The van der Waals surface area contributed by atoms with Gasteiger partial charge in [0.05, 0.1) is 5.71 Å². The Balaban J connectivity index is 1.94. The fourth-order valence-corrected chi connectivity index (χ4v) is 2.29. The normalized spacial score (nSPS) is 11.3. The molecule has 0 aliphatic heterocycles. The number of carbonyl (C=O) groups excluding carboxylic acids is 1. The number of hydrogen-bond acceptors (Lipinski definition) is 3. The predicted molar refractivity (Wildman–Crippen MR) is 96.1 cm³/mol. The van der Waals surface area contributed by atoms with E-state index in [2.05, 4.69) is 29.6 Å². The topological polar surface area (TPSA) is 63.5 Å². The summed E-state index contributed by atoms with van der Waals surface area (Å²) in [7, 11) is 0. The van der Waals surface area contributed by atoms with Gasteiger partial charge in [-0.3, -0.25) is 9.59 Å². The van der Waals surface area contributed by atoms with E-state index in [1.807, 2.05) is 19.1 Å². The average Bonchev–Trinajstić information content (AvgIpc) is 2.60. The number of aryl methyl sites for hydroxylation is 1. The second-order valence-electron chi connectivity index (χ2n) is 5.70. The van der Waals surface area contributed by atoms with Crippen molar-refractivity contribution in [1.29, 1.82) is 0 Å². The number of nitrogens with zero attached hydrogens (tertiary/aromatic N) is 2. The van der Waals surface area contributed by atoms with Crippen LogP contribution >= 0.6 is 0 Å². The van der Waals surface area contributed by atoms with E-state index in [1.54, 1.807) is 18.3 Å². The summed E-state index contributed by atoms with van der Waals surface area (Å²) in [6.45, 7) is 3.97. The number of hydrogen-bond donors (Lipinski definition) is 1. The number of nitrogens with one attached hydrogen (secondary N) is 1. The Morgan fingerprint density at radius 3 is 2.58 bits per heavy atom. The first-order chi connectivity index (χ1) is 11.6. The number of hydrazone groups is 1. The number of carbonyl (C=O) groups is 1. The molecule has 5 heteroatoms. The number of aromatic nitrogens is 1. The third-order valence-corrected chi connectivity index (χ3v) is 3.75. The quantitative estimate of drug-likeness (QED) is 0.628. The van der Waals surface area contributed by atoms with Crippen LogP contribution in [0, 0.1) is 0 Å². The zero-order valence-corrected chi connectivity index (χ0v) is 14.2. The Kier molecular flexibility index (Phi) is 6.49. The SMILES string of the molecule is CCCCc1ccc(/C(C)=N\NC(=O)Cn2ccccc2=O)cc1. The summed E-state index contributed by atoms with van der Waals surface area (Å²) >= 11 is 0. The molecule has 0 aliphatic rings. The molecule has 0 spiro atoms. The Bertz CT molecular complexity index is 761. The molecule has 0 saturated carbocycles. The van der Waals surface area contributed by atoms with Crippen LogP contribution in [0.25, 0.3) is 0 Å². The molecule has 0 atom stereocenters. The van der Waals surface area contributed by atoms with Crippen molar-refractivity contribution in [2.24, 2.45) is 5.10 Å². The maximum atomic E-state index is 11.9. The molecule has 1 N–H and O–H groups in total. The van der Waals surface area contributed by atoms with Crippen molar-refractivity contribution >= 4 is 11.6 Å². The van der Waals surface area contributed by atoms with Crippen molar-refractivity contribution in [3.63, 3.8) is 0 Å². The van der Waals surface area contributed by atoms with Gasteiger partial charge < -0.3 is 4.57 Å². The molecule has 0 aliphatic carbocycles. The van der Waals surface area contributed by atoms with E-state index in [9.17, 15) is 9.59 Å². The van der Waals surface area contributed by atoms with Crippen LogP contribution in [0.4, 0.5) is 0 Å². The lowest BCUT2D eigenvalue weighted by Crippen LogP contribution is -2.29. The number of unbranched alkanes of at least 4 members (excludes halogenated alkanes) is 1. The van der Waals surface area contributed by atoms with E-state index in [0.29, 0.717) is 0 Å². The van der Waals surface area contributed by atoms with Crippen molar-refractivity contribution in [3.05, 3.63) is 70.1 Å². The molecule has 1 heterocycles. The first-order valence-corrected chi connectivity index (χ1v) is 8.18. The highest BCUT2D eigenvalue weighted by atomic mass is 16.2. The Labute approximate surface area is 142 Å². The largest absolute Gasteiger partial charge is 0.306 e. The van der Waals surface area contributed by atoms with Gasteiger partial charge in [0.2, 0.25) is 0 Å². The second kappa shape index (κ2) is 8.82. The van der Waals surface area contributed by atoms with Crippen LogP contribution in [0.5, 0.6) is 0 Å². The summed E-state index contributed by atoms with van der Waals surface area (Å²) in [5, 5.41) is 4.11. The van der Waals surface area contributed by atoms with Crippen LogP contribution in [-0.4, -0.2) is 16.2 Å². The lowest BCUT2D eigenvalue weighted by molar-refractivity contribution is -0.121. The Morgan fingerprint density at radius 2 is 1.92 bits per heavy atom. The third-order valence-electron chi connectivity index (χ3n) is 3.75. The fourth-order valence-electron chi connectivity index (χ4n) is 2.29. The van der Waals surface area contributed by atoms with Crippen LogP contribution in [0.1, 0.15) is 37.8 Å². The van der Waals surface area contributed by atoms with E-state index in [4.69, 9.17) is 0 Å². The van der Waals surface area contributed by atoms with Gasteiger partial charge in [0, 0.05) is 12.3 Å². The average molecular weight is 325 g/mol. The van der Waals surface area contributed by atoms with Gasteiger partial charge in [-0.05, 0) is 37.0 Å². The van der Waals surface area contributed by atoms with Crippen molar-refractivity contribution < 1.29 is 4.79 Å². The zero-order chi connectivity index (χ0) is 17.4. The van der Waals surface area contributed by atoms with Gasteiger partial charge in [-0.2, -0.15) is 5.10 Å². The molecule has 2 aromatic rings. The molecule has 1 amide bonds. The number of rotatable bonds is 7. The number of benzene rings is 1. The monoisotopic (exact) mass is 325 g/mol. The molecular weight excluding hydrogens is 302 g/mol. The maximum Gasteiger partial charge on any atom is 0.260 e. The molecule has 126 valence electrons. The lowest BCUT2D eigenvalue weighted by atomic mass is 10.0. The molecule has 0 unspecified atom stereocenters. The van der Waals surface area contributed by atoms with Crippen LogP contribution in [0.3, 0.4) is 0 Å². The maximum absolute atomic E-state index is 11.9.